The quantitative estimate of drug-likeness (QED) is 0.906. The fraction of sp³-hybridized carbons (Fsp3) is 0.278. The normalized spacial score (nSPS) is 20.4. The van der Waals surface area contributed by atoms with Gasteiger partial charge in [0.15, 0.2) is 0 Å². The van der Waals surface area contributed by atoms with E-state index in [1.54, 1.807) is 12.1 Å². The van der Waals surface area contributed by atoms with Crippen molar-refractivity contribution >= 4 is 5.69 Å². The summed E-state index contributed by atoms with van der Waals surface area (Å²) in [6, 6.07) is 15.4. The molecule has 1 N–H and O–H groups in total. The Balaban J connectivity index is 1.63. The number of nitriles is 1. The molecule has 0 atom stereocenters. The Kier molecular flexibility index (Phi) is 3.62. The lowest BCUT2D eigenvalue weighted by atomic mass is 9.74. The Morgan fingerprint density at radius 1 is 1.19 bits per heavy atom. The van der Waals surface area contributed by atoms with Gasteiger partial charge in [-0.3, -0.25) is 0 Å². The van der Waals surface area contributed by atoms with Gasteiger partial charge in [0.05, 0.1) is 5.56 Å². The summed E-state index contributed by atoms with van der Waals surface area (Å²) in [7, 11) is 0. The van der Waals surface area contributed by atoms with E-state index >= 15 is 0 Å². The first kappa shape index (κ1) is 13.6. The third-order valence-electron chi connectivity index (χ3n) is 4.22. The molecule has 0 spiro atoms. The number of halogens is 1. The van der Waals surface area contributed by atoms with Gasteiger partial charge >= 0.3 is 0 Å². The number of hydrogen-bond acceptors (Lipinski definition) is 2. The average Bonchev–Trinajstić information content (AvgIpc) is 2.45. The van der Waals surface area contributed by atoms with Crippen LogP contribution in [0.1, 0.15) is 35.4 Å². The van der Waals surface area contributed by atoms with E-state index in [0.29, 0.717) is 12.0 Å². The molecule has 2 aromatic carbocycles. The summed E-state index contributed by atoms with van der Waals surface area (Å²) in [6.07, 6.45) is 2.15. The van der Waals surface area contributed by atoms with Gasteiger partial charge in [-0.05, 0) is 55.0 Å². The molecule has 0 bridgehead atoms. The van der Waals surface area contributed by atoms with Gasteiger partial charge in [0, 0.05) is 11.7 Å². The van der Waals surface area contributed by atoms with E-state index in [9.17, 15) is 4.39 Å². The van der Waals surface area contributed by atoms with Gasteiger partial charge in [-0.25, -0.2) is 4.39 Å². The Morgan fingerprint density at radius 2 is 1.95 bits per heavy atom. The van der Waals surface area contributed by atoms with Crippen LogP contribution in [0.5, 0.6) is 0 Å². The minimum absolute atomic E-state index is 0.0924. The number of aryl methyl sites for hydroxylation is 1. The van der Waals surface area contributed by atoms with Crippen LogP contribution in [-0.4, -0.2) is 6.04 Å². The van der Waals surface area contributed by atoms with Gasteiger partial charge in [0.1, 0.15) is 11.9 Å². The number of rotatable bonds is 3. The number of anilines is 1. The van der Waals surface area contributed by atoms with Gasteiger partial charge in [0.2, 0.25) is 0 Å². The molecule has 3 heteroatoms. The van der Waals surface area contributed by atoms with Gasteiger partial charge in [0.25, 0.3) is 0 Å². The SMILES string of the molecule is Cc1ccccc1C1CC(Nc2ccc(F)c(C#N)c2)C1. The highest BCUT2D eigenvalue weighted by molar-refractivity contribution is 5.51. The van der Waals surface area contributed by atoms with E-state index in [2.05, 4.69) is 36.5 Å². The van der Waals surface area contributed by atoms with E-state index in [4.69, 9.17) is 5.26 Å². The molecule has 0 amide bonds. The van der Waals surface area contributed by atoms with E-state index < -0.39 is 5.82 Å². The first-order valence-corrected chi connectivity index (χ1v) is 7.19. The molecule has 1 aliphatic carbocycles. The first-order chi connectivity index (χ1) is 10.2. The third-order valence-corrected chi connectivity index (χ3v) is 4.22. The van der Waals surface area contributed by atoms with Crippen molar-refractivity contribution in [1.29, 1.82) is 5.26 Å². The Bertz CT molecular complexity index is 697. The highest BCUT2D eigenvalue weighted by Crippen LogP contribution is 2.39. The molecular weight excluding hydrogens is 263 g/mol. The van der Waals surface area contributed by atoms with Crippen LogP contribution in [0.2, 0.25) is 0 Å². The summed E-state index contributed by atoms with van der Waals surface area (Å²) >= 11 is 0. The third kappa shape index (κ3) is 2.75. The summed E-state index contributed by atoms with van der Waals surface area (Å²) in [4.78, 5) is 0. The average molecular weight is 280 g/mol. The predicted molar refractivity (Wildman–Crippen MR) is 81.7 cm³/mol. The van der Waals surface area contributed by atoms with Gasteiger partial charge in [-0.15, -0.1) is 0 Å². The van der Waals surface area contributed by atoms with Crippen molar-refractivity contribution in [3.05, 3.63) is 65.0 Å². The lowest BCUT2D eigenvalue weighted by Gasteiger charge is -2.37. The Labute approximate surface area is 124 Å². The highest BCUT2D eigenvalue weighted by Gasteiger charge is 2.30. The van der Waals surface area contributed by atoms with Crippen LogP contribution in [0.15, 0.2) is 42.5 Å². The highest BCUT2D eigenvalue weighted by atomic mass is 19.1. The fourth-order valence-electron chi connectivity index (χ4n) is 2.97. The molecule has 1 aliphatic rings. The number of nitrogens with one attached hydrogen (secondary N) is 1. The summed E-state index contributed by atoms with van der Waals surface area (Å²) < 4.78 is 13.3. The summed E-state index contributed by atoms with van der Waals surface area (Å²) in [5, 5.41) is 12.2. The van der Waals surface area contributed by atoms with Crippen molar-refractivity contribution in [1.82, 2.24) is 0 Å². The first-order valence-electron chi connectivity index (χ1n) is 7.19. The van der Waals surface area contributed by atoms with Crippen molar-refractivity contribution in [2.24, 2.45) is 0 Å². The number of hydrogen-bond donors (Lipinski definition) is 1. The predicted octanol–water partition coefficient (Wildman–Crippen LogP) is 4.36. The summed E-state index contributed by atoms with van der Waals surface area (Å²) in [6.45, 7) is 2.15. The summed E-state index contributed by atoms with van der Waals surface area (Å²) in [5.74, 6) is 0.133. The van der Waals surface area contributed by atoms with Crippen LogP contribution in [0, 0.1) is 24.1 Å². The molecule has 3 rings (SSSR count). The van der Waals surface area contributed by atoms with Crippen molar-refractivity contribution in [2.75, 3.05) is 5.32 Å². The molecule has 1 fully saturated rings. The van der Waals surface area contributed by atoms with E-state index in [0.717, 1.165) is 18.5 Å². The van der Waals surface area contributed by atoms with Crippen molar-refractivity contribution in [3.63, 3.8) is 0 Å². The van der Waals surface area contributed by atoms with Crippen LogP contribution in [0.25, 0.3) is 0 Å². The molecule has 0 radical (unpaired) electrons. The maximum absolute atomic E-state index is 13.3. The second-order valence-corrected chi connectivity index (χ2v) is 5.67. The lowest BCUT2D eigenvalue weighted by Crippen LogP contribution is -2.34. The van der Waals surface area contributed by atoms with Crippen molar-refractivity contribution in [3.8, 4) is 6.07 Å². The topological polar surface area (TPSA) is 35.8 Å². The lowest BCUT2D eigenvalue weighted by molar-refractivity contribution is 0.373. The molecule has 106 valence electrons. The molecule has 0 unspecified atom stereocenters. The standard InChI is InChI=1S/C18H17FN2/c1-12-4-2-3-5-17(12)13-8-16(9-13)21-15-6-7-18(19)14(10-15)11-20/h2-7,10,13,16,21H,8-9H2,1H3. The molecule has 21 heavy (non-hydrogen) atoms. The van der Waals surface area contributed by atoms with Crippen LogP contribution >= 0.6 is 0 Å². The zero-order valence-electron chi connectivity index (χ0n) is 11.9. The molecule has 2 nitrogen and oxygen atoms in total. The smallest absolute Gasteiger partial charge is 0.141 e. The van der Waals surface area contributed by atoms with Crippen LogP contribution in [-0.2, 0) is 0 Å². The maximum atomic E-state index is 13.3. The largest absolute Gasteiger partial charge is 0.382 e. The minimum Gasteiger partial charge on any atom is -0.382 e. The van der Waals surface area contributed by atoms with Crippen LogP contribution in [0.3, 0.4) is 0 Å². The molecule has 0 aliphatic heterocycles. The molecule has 2 aromatic rings. The zero-order valence-corrected chi connectivity index (χ0v) is 11.9. The molecule has 1 saturated carbocycles. The van der Waals surface area contributed by atoms with Gasteiger partial charge in [-0.2, -0.15) is 5.26 Å². The molecular formula is C18H17FN2. The number of benzene rings is 2. The van der Waals surface area contributed by atoms with Crippen LogP contribution in [0.4, 0.5) is 10.1 Å². The fourth-order valence-corrected chi connectivity index (χ4v) is 2.97. The van der Waals surface area contributed by atoms with Gasteiger partial charge in [-0.1, -0.05) is 24.3 Å². The molecule has 0 saturated heterocycles. The maximum Gasteiger partial charge on any atom is 0.141 e. The van der Waals surface area contributed by atoms with E-state index in [-0.39, 0.29) is 5.56 Å². The van der Waals surface area contributed by atoms with Crippen molar-refractivity contribution in [2.45, 2.75) is 31.7 Å². The Hall–Kier alpha value is -2.34. The summed E-state index contributed by atoms with van der Waals surface area (Å²) in [5.41, 5.74) is 3.68. The minimum atomic E-state index is -0.463. The zero-order chi connectivity index (χ0) is 14.8. The van der Waals surface area contributed by atoms with Gasteiger partial charge < -0.3 is 5.32 Å². The molecule has 0 aromatic heterocycles. The second kappa shape index (κ2) is 5.57. The molecule has 0 heterocycles. The Morgan fingerprint density at radius 3 is 2.67 bits per heavy atom. The van der Waals surface area contributed by atoms with Crippen molar-refractivity contribution < 1.29 is 4.39 Å². The van der Waals surface area contributed by atoms with Crippen LogP contribution < -0.4 is 5.32 Å². The second-order valence-electron chi connectivity index (χ2n) is 5.67. The van der Waals surface area contributed by atoms with E-state index in [1.807, 2.05) is 6.07 Å². The van der Waals surface area contributed by atoms with E-state index in [1.165, 1.54) is 17.2 Å². The monoisotopic (exact) mass is 280 g/mol. The number of nitrogens with zero attached hydrogens (tertiary/aromatic N) is 1.